The van der Waals surface area contributed by atoms with E-state index in [2.05, 4.69) is 35.2 Å². The van der Waals surface area contributed by atoms with Gasteiger partial charge < -0.3 is 10.2 Å². The van der Waals surface area contributed by atoms with Crippen molar-refractivity contribution in [2.75, 3.05) is 18.4 Å². The Morgan fingerprint density at radius 2 is 1.68 bits per heavy atom. The summed E-state index contributed by atoms with van der Waals surface area (Å²) in [5, 5.41) is 3.26. The highest BCUT2D eigenvalue weighted by Gasteiger charge is 2.18. The number of hydrogen-bond donors (Lipinski definition) is 1. The number of aromatic nitrogens is 2. The number of nitrogens with one attached hydrogen (secondary N) is 1. The first kappa shape index (κ1) is 17.4. The molecule has 0 unspecified atom stereocenters. The lowest BCUT2D eigenvalue weighted by Gasteiger charge is -2.20. The highest BCUT2D eigenvalue weighted by Crippen LogP contribution is 2.25. The van der Waals surface area contributed by atoms with E-state index in [-0.39, 0.29) is 5.91 Å². The van der Waals surface area contributed by atoms with Gasteiger partial charge >= 0.3 is 0 Å². The fraction of sp³-hybridized carbons (Fsp3) is 0.450. The average molecular weight is 338 g/mol. The molecule has 1 N–H and O–H groups in total. The predicted octanol–water partition coefficient (Wildman–Crippen LogP) is 4.36. The van der Waals surface area contributed by atoms with Crippen molar-refractivity contribution < 1.29 is 4.79 Å². The van der Waals surface area contributed by atoms with Gasteiger partial charge in [-0.15, -0.1) is 0 Å². The van der Waals surface area contributed by atoms with Gasteiger partial charge in [0.2, 0.25) is 5.95 Å². The molecule has 25 heavy (non-hydrogen) atoms. The number of nitrogens with zero attached hydrogens (tertiary/aromatic N) is 3. The minimum Gasteiger partial charge on any atom is -0.339 e. The number of amides is 1. The van der Waals surface area contributed by atoms with Crippen LogP contribution in [0, 0.1) is 0 Å². The van der Waals surface area contributed by atoms with Crippen molar-refractivity contribution in [1.82, 2.24) is 14.9 Å². The summed E-state index contributed by atoms with van der Waals surface area (Å²) in [7, 11) is 0. The molecule has 2 heterocycles. The molecule has 1 aromatic carbocycles. The van der Waals surface area contributed by atoms with Gasteiger partial charge in [0.25, 0.3) is 5.91 Å². The minimum atomic E-state index is 0.0380. The molecular formula is C20H26N4O. The van der Waals surface area contributed by atoms with Crippen LogP contribution in [0.5, 0.6) is 0 Å². The highest BCUT2D eigenvalue weighted by atomic mass is 16.2. The molecule has 0 radical (unpaired) electrons. The quantitative estimate of drug-likeness (QED) is 0.900. The van der Waals surface area contributed by atoms with Crippen molar-refractivity contribution in [3.63, 3.8) is 0 Å². The van der Waals surface area contributed by atoms with Crippen LogP contribution in [0.25, 0.3) is 0 Å². The van der Waals surface area contributed by atoms with Crippen molar-refractivity contribution in [1.29, 1.82) is 0 Å². The molecule has 2 aromatic rings. The number of carbonyl (C=O) groups is 1. The molecule has 1 fully saturated rings. The number of likely N-dealkylation sites (tertiary alicyclic amines) is 1. The molecule has 5 nitrogen and oxygen atoms in total. The van der Waals surface area contributed by atoms with Crippen LogP contribution in [0.15, 0.2) is 36.7 Å². The van der Waals surface area contributed by atoms with Crippen molar-refractivity contribution in [3.8, 4) is 0 Å². The van der Waals surface area contributed by atoms with Crippen LogP contribution in [0.3, 0.4) is 0 Å². The Hall–Kier alpha value is -2.43. The Morgan fingerprint density at radius 3 is 2.32 bits per heavy atom. The van der Waals surface area contributed by atoms with E-state index in [1.165, 1.54) is 18.4 Å². The van der Waals surface area contributed by atoms with E-state index in [9.17, 15) is 4.79 Å². The molecule has 1 aliphatic rings. The van der Waals surface area contributed by atoms with Gasteiger partial charge in [0.1, 0.15) is 0 Å². The molecule has 0 bridgehead atoms. The molecule has 132 valence electrons. The molecule has 1 aromatic heterocycles. The zero-order valence-electron chi connectivity index (χ0n) is 15.0. The summed E-state index contributed by atoms with van der Waals surface area (Å²) in [5.74, 6) is 0.962. The van der Waals surface area contributed by atoms with Gasteiger partial charge in [-0.1, -0.05) is 44.9 Å². The second kappa shape index (κ2) is 8.10. The third kappa shape index (κ3) is 4.35. The smallest absolute Gasteiger partial charge is 0.256 e. The fourth-order valence-electron chi connectivity index (χ4n) is 3.19. The first-order chi connectivity index (χ1) is 12.1. The maximum Gasteiger partial charge on any atom is 0.256 e. The van der Waals surface area contributed by atoms with E-state index >= 15 is 0 Å². The van der Waals surface area contributed by atoms with E-state index in [0.717, 1.165) is 31.6 Å². The molecule has 1 aliphatic heterocycles. The van der Waals surface area contributed by atoms with Gasteiger partial charge in [0, 0.05) is 31.2 Å². The van der Waals surface area contributed by atoms with Crippen LogP contribution < -0.4 is 5.32 Å². The van der Waals surface area contributed by atoms with Gasteiger partial charge in [-0.2, -0.15) is 0 Å². The Morgan fingerprint density at radius 1 is 1.04 bits per heavy atom. The molecule has 0 atom stereocenters. The van der Waals surface area contributed by atoms with Gasteiger partial charge in [-0.25, -0.2) is 9.97 Å². The summed E-state index contributed by atoms with van der Waals surface area (Å²) in [5.41, 5.74) is 2.78. The Kier molecular flexibility index (Phi) is 5.64. The third-order valence-corrected chi connectivity index (χ3v) is 4.62. The maximum atomic E-state index is 12.6. The predicted molar refractivity (Wildman–Crippen MR) is 100 cm³/mol. The number of para-hydroxylation sites is 1. The summed E-state index contributed by atoms with van der Waals surface area (Å²) in [6.07, 6.45) is 7.83. The molecule has 0 saturated carbocycles. The monoisotopic (exact) mass is 338 g/mol. The lowest BCUT2D eigenvalue weighted by molar-refractivity contribution is 0.0761. The zero-order valence-corrected chi connectivity index (χ0v) is 15.0. The molecule has 0 spiro atoms. The Bertz CT molecular complexity index is 704. The topological polar surface area (TPSA) is 58.1 Å². The summed E-state index contributed by atoms with van der Waals surface area (Å²) in [6.45, 7) is 5.98. The molecule has 0 aliphatic carbocycles. The zero-order chi connectivity index (χ0) is 17.6. The van der Waals surface area contributed by atoms with Crippen LogP contribution in [-0.4, -0.2) is 33.9 Å². The van der Waals surface area contributed by atoms with Crippen LogP contribution >= 0.6 is 0 Å². The Labute approximate surface area is 149 Å². The third-order valence-electron chi connectivity index (χ3n) is 4.62. The lowest BCUT2D eigenvalue weighted by atomic mass is 10.0. The van der Waals surface area contributed by atoms with Crippen molar-refractivity contribution >= 4 is 17.5 Å². The number of benzene rings is 1. The minimum absolute atomic E-state index is 0.0380. The molecule has 3 rings (SSSR count). The standard InChI is InChI=1S/C20H26N4O/c1-15(2)17-9-5-6-10-18(17)23-20-21-13-16(14-22-20)19(25)24-11-7-3-4-8-12-24/h5-6,9-10,13-15H,3-4,7-8,11-12H2,1-2H3,(H,21,22,23). The van der Waals surface area contributed by atoms with Crippen molar-refractivity contribution in [2.24, 2.45) is 0 Å². The second-order valence-corrected chi connectivity index (χ2v) is 6.87. The Balaban J connectivity index is 1.71. The molecule has 1 saturated heterocycles. The molecule has 5 heteroatoms. The normalized spacial score (nSPS) is 15.1. The molecular weight excluding hydrogens is 312 g/mol. The second-order valence-electron chi connectivity index (χ2n) is 6.87. The number of anilines is 2. The van der Waals surface area contributed by atoms with E-state index in [4.69, 9.17) is 0 Å². The summed E-state index contributed by atoms with van der Waals surface area (Å²) in [6, 6.07) is 8.15. The number of carbonyl (C=O) groups excluding carboxylic acids is 1. The van der Waals surface area contributed by atoms with Gasteiger partial charge in [0.05, 0.1) is 5.56 Å². The van der Waals surface area contributed by atoms with Crippen LogP contribution in [-0.2, 0) is 0 Å². The SMILES string of the molecule is CC(C)c1ccccc1Nc1ncc(C(=O)N2CCCCCC2)cn1. The first-order valence-corrected chi connectivity index (χ1v) is 9.12. The van der Waals surface area contributed by atoms with E-state index in [0.29, 0.717) is 17.4 Å². The highest BCUT2D eigenvalue weighted by molar-refractivity contribution is 5.93. The van der Waals surface area contributed by atoms with Crippen LogP contribution in [0.1, 0.15) is 61.4 Å². The van der Waals surface area contributed by atoms with E-state index in [1.54, 1.807) is 12.4 Å². The van der Waals surface area contributed by atoms with Crippen LogP contribution in [0.4, 0.5) is 11.6 Å². The van der Waals surface area contributed by atoms with E-state index < -0.39 is 0 Å². The number of rotatable bonds is 4. The van der Waals surface area contributed by atoms with Gasteiger partial charge in [-0.05, 0) is 30.4 Å². The number of hydrogen-bond acceptors (Lipinski definition) is 4. The van der Waals surface area contributed by atoms with Gasteiger partial charge in [-0.3, -0.25) is 4.79 Å². The van der Waals surface area contributed by atoms with Crippen LogP contribution in [0.2, 0.25) is 0 Å². The largest absolute Gasteiger partial charge is 0.339 e. The summed E-state index contributed by atoms with van der Waals surface area (Å²) >= 11 is 0. The summed E-state index contributed by atoms with van der Waals surface area (Å²) in [4.78, 5) is 23.2. The van der Waals surface area contributed by atoms with E-state index in [1.807, 2.05) is 23.1 Å². The van der Waals surface area contributed by atoms with Gasteiger partial charge in [0.15, 0.2) is 0 Å². The van der Waals surface area contributed by atoms with Crippen molar-refractivity contribution in [3.05, 3.63) is 47.8 Å². The first-order valence-electron chi connectivity index (χ1n) is 9.12. The van der Waals surface area contributed by atoms with Crippen molar-refractivity contribution in [2.45, 2.75) is 45.4 Å². The lowest BCUT2D eigenvalue weighted by Crippen LogP contribution is -2.32. The summed E-state index contributed by atoms with van der Waals surface area (Å²) < 4.78 is 0. The molecule has 1 amide bonds. The maximum absolute atomic E-state index is 12.6. The average Bonchev–Trinajstić information content (AvgIpc) is 2.91. The fourth-order valence-corrected chi connectivity index (χ4v) is 3.19.